The summed E-state index contributed by atoms with van der Waals surface area (Å²) in [5.41, 5.74) is 3.95. The fraction of sp³-hybridized carbons (Fsp3) is 0.250. The third kappa shape index (κ3) is 2.24. The van der Waals surface area contributed by atoms with E-state index in [9.17, 15) is 9.90 Å². The van der Waals surface area contributed by atoms with Crippen molar-refractivity contribution < 1.29 is 9.90 Å². The molecule has 3 rings (SSSR count). The molecule has 0 saturated heterocycles. The standard InChI is InChI=1S/C16H15NO2/c1-10-9-13(16(18)19)15(12-7-8-12)17-14(10)11-5-3-2-4-6-11/h2-6,9,12H,7-8H2,1H3,(H,18,19). The van der Waals surface area contributed by atoms with E-state index in [1.807, 2.05) is 37.3 Å². The number of benzene rings is 1. The summed E-state index contributed by atoms with van der Waals surface area (Å²) in [7, 11) is 0. The van der Waals surface area contributed by atoms with E-state index in [0.717, 1.165) is 35.4 Å². The summed E-state index contributed by atoms with van der Waals surface area (Å²) in [5, 5.41) is 9.29. The van der Waals surface area contributed by atoms with Gasteiger partial charge in [-0.05, 0) is 31.4 Å². The Labute approximate surface area is 111 Å². The van der Waals surface area contributed by atoms with Crippen LogP contribution in [0.4, 0.5) is 0 Å². The van der Waals surface area contributed by atoms with Crippen LogP contribution in [-0.4, -0.2) is 16.1 Å². The van der Waals surface area contributed by atoms with Crippen molar-refractivity contribution in [2.75, 3.05) is 0 Å². The molecule has 1 saturated carbocycles. The number of aromatic carboxylic acids is 1. The van der Waals surface area contributed by atoms with Crippen molar-refractivity contribution in [3.63, 3.8) is 0 Å². The van der Waals surface area contributed by atoms with Crippen molar-refractivity contribution in [1.82, 2.24) is 4.98 Å². The molecule has 1 aromatic heterocycles. The highest BCUT2D eigenvalue weighted by Gasteiger charge is 2.30. The van der Waals surface area contributed by atoms with E-state index < -0.39 is 5.97 Å². The van der Waals surface area contributed by atoms with Gasteiger partial charge < -0.3 is 5.11 Å². The Hall–Kier alpha value is -2.16. The molecular formula is C16H15NO2. The smallest absolute Gasteiger partial charge is 0.337 e. The van der Waals surface area contributed by atoms with Crippen LogP contribution in [-0.2, 0) is 0 Å². The van der Waals surface area contributed by atoms with Gasteiger partial charge in [0.25, 0.3) is 0 Å². The van der Waals surface area contributed by atoms with Gasteiger partial charge in [-0.15, -0.1) is 0 Å². The average molecular weight is 253 g/mol. The number of hydrogen-bond acceptors (Lipinski definition) is 2. The number of rotatable bonds is 3. The molecule has 3 nitrogen and oxygen atoms in total. The third-order valence-corrected chi connectivity index (χ3v) is 3.48. The zero-order valence-electron chi connectivity index (χ0n) is 10.8. The lowest BCUT2D eigenvalue weighted by Crippen LogP contribution is -2.06. The predicted molar refractivity (Wildman–Crippen MR) is 73.3 cm³/mol. The lowest BCUT2D eigenvalue weighted by atomic mass is 10.0. The fourth-order valence-corrected chi connectivity index (χ4v) is 2.36. The Morgan fingerprint density at radius 2 is 1.95 bits per heavy atom. The van der Waals surface area contributed by atoms with Crippen LogP contribution < -0.4 is 0 Å². The first-order valence-corrected chi connectivity index (χ1v) is 6.47. The Balaban J connectivity index is 2.16. The zero-order valence-corrected chi connectivity index (χ0v) is 10.8. The predicted octanol–water partition coefficient (Wildman–Crippen LogP) is 3.63. The maximum Gasteiger partial charge on any atom is 0.337 e. The minimum atomic E-state index is -0.878. The van der Waals surface area contributed by atoms with Crippen molar-refractivity contribution in [2.24, 2.45) is 0 Å². The molecule has 19 heavy (non-hydrogen) atoms. The molecule has 0 amide bonds. The van der Waals surface area contributed by atoms with E-state index in [4.69, 9.17) is 0 Å². The number of carboxylic acid groups (broad SMARTS) is 1. The van der Waals surface area contributed by atoms with Gasteiger partial charge in [-0.2, -0.15) is 0 Å². The van der Waals surface area contributed by atoms with Gasteiger partial charge in [0.15, 0.2) is 0 Å². The van der Waals surface area contributed by atoms with Gasteiger partial charge in [0.2, 0.25) is 0 Å². The third-order valence-electron chi connectivity index (χ3n) is 3.48. The van der Waals surface area contributed by atoms with Crippen LogP contribution in [0.15, 0.2) is 36.4 Å². The Kier molecular flexibility index (Phi) is 2.82. The Morgan fingerprint density at radius 1 is 1.26 bits per heavy atom. The van der Waals surface area contributed by atoms with E-state index in [1.165, 1.54) is 0 Å². The number of aromatic nitrogens is 1. The van der Waals surface area contributed by atoms with E-state index in [1.54, 1.807) is 6.07 Å². The van der Waals surface area contributed by atoms with Crippen molar-refractivity contribution in [2.45, 2.75) is 25.7 Å². The molecule has 0 unspecified atom stereocenters. The molecule has 1 aromatic carbocycles. The highest BCUT2D eigenvalue weighted by atomic mass is 16.4. The molecule has 1 fully saturated rings. The first-order chi connectivity index (χ1) is 9.16. The molecule has 0 radical (unpaired) electrons. The average Bonchev–Trinajstić information content (AvgIpc) is 3.23. The van der Waals surface area contributed by atoms with E-state index in [-0.39, 0.29) is 0 Å². The van der Waals surface area contributed by atoms with Crippen molar-refractivity contribution in [1.29, 1.82) is 0 Å². The number of carboxylic acids is 1. The van der Waals surface area contributed by atoms with Gasteiger partial charge in [-0.25, -0.2) is 4.79 Å². The normalized spacial score (nSPS) is 14.4. The summed E-state index contributed by atoms with van der Waals surface area (Å²) >= 11 is 0. The largest absolute Gasteiger partial charge is 0.478 e. The molecule has 3 heteroatoms. The van der Waals surface area contributed by atoms with Gasteiger partial charge in [0.1, 0.15) is 0 Å². The second-order valence-electron chi connectivity index (χ2n) is 5.03. The SMILES string of the molecule is Cc1cc(C(=O)O)c(C2CC2)nc1-c1ccccc1. The minimum Gasteiger partial charge on any atom is -0.478 e. The summed E-state index contributed by atoms with van der Waals surface area (Å²) in [5.74, 6) is -0.550. The molecule has 2 aromatic rings. The van der Waals surface area contributed by atoms with Crippen LogP contribution in [0.3, 0.4) is 0 Å². The van der Waals surface area contributed by atoms with Crippen molar-refractivity contribution in [3.8, 4) is 11.3 Å². The van der Waals surface area contributed by atoms with Crippen LogP contribution in [0.5, 0.6) is 0 Å². The summed E-state index contributed by atoms with van der Waals surface area (Å²) in [6.07, 6.45) is 2.09. The van der Waals surface area contributed by atoms with Crippen LogP contribution in [0, 0.1) is 6.92 Å². The second kappa shape index (κ2) is 4.50. The molecule has 0 bridgehead atoms. The highest BCUT2D eigenvalue weighted by molar-refractivity contribution is 5.90. The molecule has 1 N–H and O–H groups in total. The molecular weight excluding hydrogens is 238 g/mol. The van der Waals surface area contributed by atoms with Gasteiger partial charge in [-0.3, -0.25) is 4.98 Å². The molecule has 0 atom stereocenters. The number of carbonyl (C=O) groups is 1. The minimum absolute atomic E-state index is 0.328. The number of nitrogens with zero attached hydrogens (tertiary/aromatic N) is 1. The van der Waals surface area contributed by atoms with Crippen LogP contribution in [0.2, 0.25) is 0 Å². The summed E-state index contributed by atoms with van der Waals surface area (Å²) < 4.78 is 0. The quantitative estimate of drug-likeness (QED) is 0.908. The first-order valence-electron chi connectivity index (χ1n) is 6.47. The summed E-state index contributed by atoms with van der Waals surface area (Å²) in [6, 6.07) is 11.7. The Bertz CT molecular complexity index is 631. The van der Waals surface area contributed by atoms with Crippen LogP contribution in [0.1, 0.15) is 40.4 Å². The van der Waals surface area contributed by atoms with Crippen molar-refractivity contribution in [3.05, 3.63) is 53.2 Å². The molecule has 0 spiro atoms. The molecule has 1 heterocycles. The van der Waals surface area contributed by atoms with E-state index >= 15 is 0 Å². The Morgan fingerprint density at radius 3 is 2.53 bits per heavy atom. The van der Waals surface area contributed by atoms with E-state index in [2.05, 4.69) is 4.98 Å². The van der Waals surface area contributed by atoms with Gasteiger partial charge in [-0.1, -0.05) is 30.3 Å². The maximum atomic E-state index is 11.3. The topological polar surface area (TPSA) is 50.2 Å². The van der Waals surface area contributed by atoms with Gasteiger partial charge >= 0.3 is 5.97 Å². The molecule has 96 valence electrons. The van der Waals surface area contributed by atoms with Crippen LogP contribution in [0.25, 0.3) is 11.3 Å². The number of hydrogen-bond donors (Lipinski definition) is 1. The lowest BCUT2D eigenvalue weighted by Gasteiger charge is -2.11. The first kappa shape index (κ1) is 11.9. The molecule has 0 aliphatic heterocycles. The molecule has 1 aliphatic carbocycles. The number of aryl methyl sites for hydroxylation is 1. The van der Waals surface area contributed by atoms with Crippen molar-refractivity contribution >= 4 is 5.97 Å². The lowest BCUT2D eigenvalue weighted by molar-refractivity contribution is 0.0695. The van der Waals surface area contributed by atoms with Gasteiger partial charge in [0.05, 0.1) is 17.0 Å². The van der Waals surface area contributed by atoms with Gasteiger partial charge in [0, 0.05) is 11.5 Å². The highest BCUT2D eigenvalue weighted by Crippen LogP contribution is 2.41. The van der Waals surface area contributed by atoms with Crippen LogP contribution >= 0.6 is 0 Å². The van der Waals surface area contributed by atoms with E-state index in [0.29, 0.717) is 11.5 Å². The maximum absolute atomic E-state index is 11.3. The summed E-state index contributed by atoms with van der Waals surface area (Å²) in [6.45, 7) is 1.92. The summed E-state index contributed by atoms with van der Waals surface area (Å²) in [4.78, 5) is 16.0. The monoisotopic (exact) mass is 253 g/mol. The second-order valence-corrected chi connectivity index (χ2v) is 5.03. The number of pyridine rings is 1. The molecule has 1 aliphatic rings. The fourth-order valence-electron chi connectivity index (χ4n) is 2.36. The zero-order chi connectivity index (χ0) is 13.4.